The van der Waals surface area contributed by atoms with Crippen LogP contribution in [-0.2, 0) is 4.74 Å². The maximum Gasteiger partial charge on any atom is 0.123 e. The molecule has 100 valence electrons. The number of aromatic hydroxyl groups is 2. The summed E-state index contributed by atoms with van der Waals surface area (Å²) in [5, 5.41) is 20.1. The first kappa shape index (κ1) is 14.6. The SMILES string of the molecule is C/C=C\O/C=C\C.Oc1cccc2c(O)cccc12. The van der Waals surface area contributed by atoms with Crippen LogP contribution in [0.5, 0.6) is 11.5 Å². The van der Waals surface area contributed by atoms with Gasteiger partial charge in [-0.1, -0.05) is 36.4 Å². The Hall–Kier alpha value is -2.42. The molecule has 0 fully saturated rings. The molecule has 3 nitrogen and oxygen atoms in total. The Morgan fingerprint density at radius 2 is 1.21 bits per heavy atom. The topological polar surface area (TPSA) is 49.7 Å². The molecule has 2 rings (SSSR count). The van der Waals surface area contributed by atoms with Crippen molar-refractivity contribution in [1.82, 2.24) is 0 Å². The Morgan fingerprint density at radius 3 is 1.58 bits per heavy atom. The molecule has 0 atom stereocenters. The predicted molar refractivity (Wildman–Crippen MR) is 78.0 cm³/mol. The van der Waals surface area contributed by atoms with Gasteiger partial charge in [-0.15, -0.1) is 0 Å². The zero-order valence-electron chi connectivity index (χ0n) is 11.1. The number of hydrogen-bond donors (Lipinski definition) is 2. The van der Waals surface area contributed by atoms with Crippen molar-refractivity contribution in [1.29, 1.82) is 0 Å². The molecular formula is C16H18O3. The van der Waals surface area contributed by atoms with Gasteiger partial charge in [0.2, 0.25) is 0 Å². The van der Waals surface area contributed by atoms with Crippen molar-refractivity contribution in [2.24, 2.45) is 0 Å². The van der Waals surface area contributed by atoms with Crippen molar-refractivity contribution >= 4 is 10.8 Å². The molecule has 0 heterocycles. The van der Waals surface area contributed by atoms with Gasteiger partial charge < -0.3 is 14.9 Å². The summed E-state index contributed by atoms with van der Waals surface area (Å²) in [6.07, 6.45) is 6.92. The lowest BCUT2D eigenvalue weighted by Crippen LogP contribution is -1.73. The lowest BCUT2D eigenvalue weighted by molar-refractivity contribution is 0.401. The lowest BCUT2D eigenvalue weighted by Gasteiger charge is -2.01. The molecule has 0 saturated carbocycles. The number of ether oxygens (including phenoxy) is 1. The zero-order chi connectivity index (χ0) is 14.1. The smallest absolute Gasteiger partial charge is 0.123 e. The highest BCUT2D eigenvalue weighted by atomic mass is 16.5. The monoisotopic (exact) mass is 258 g/mol. The van der Waals surface area contributed by atoms with Crippen molar-refractivity contribution in [2.45, 2.75) is 13.8 Å². The summed E-state index contributed by atoms with van der Waals surface area (Å²) in [7, 11) is 0. The van der Waals surface area contributed by atoms with Gasteiger partial charge in [-0.2, -0.15) is 0 Å². The fourth-order valence-corrected chi connectivity index (χ4v) is 1.48. The van der Waals surface area contributed by atoms with E-state index in [1.165, 1.54) is 0 Å². The number of hydrogen-bond acceptors (Lipinski definition) is 3. The van der Waals surface area contributed by atoms with Crippen molar-refractivity contribution in [3.05, 3.63) is 61.1 Å². The molecule has 0 aromatic heterocycles. The van der Waals surface area contributed by atoms with Crippen LogP contribution < -0.4 is 0 Å². The maximum atomic E-state index is 9.38. The normalized spacial score (nSPS) is 10.6. The summed E-state index contributed by atoms with van der Waals surface area (Å²) < 4.78 is 4.77. The number of phenolic OH excluding ortho intramolecular Hbond substituents is 2. The fourth-order valence-electron chi connectivity index (χ4n) is 1.48. The molecule has 0 radical (unpaired) electrons. The minimum Gasteiger partial charge on any atom is -0.507 e. The van der Waals surface area contributed by atoms with Gasteiger partial charge in [0.1, 0.15) is 11.5 Å². The molecule has 0 aliphatic carbocycles. The fraction of sp³-hybridized carbons (Fsp3) is 0.125. The molecule has 2 N–H and O–H groups in total. The first-order valence-corrected chi connectivity index (χ1v) is 5.98. The largest absolute Gasteiger partial charge is 0.507 e. The Labute approximate surface area is 113 Å². The van der Waals surface area contributed by atoms with Gasteiger partial charge in [0.15, 0.2) is 0 Å². The summed E-state index contributed by atoms with van der Waals surface area (Å²) in [4.78, 5) is 0. The number of rotatable bonds is 2. The van der Waals surface area contributed by atoms with E-state index in [9.17, 15) is 10.2 Å². The lowest BCUT2D eigenvalue weighted by atomic mass is 10.1. The van der Waals surface area contributed by atoms with E-state index in [2.05, 4.69) is 0 Å². The average Bonchev–Trinajstić information content (AvgIpc) is 2.42. The van der Waals surface area contributed by atoms with E-state index in [1.54, 1.807) is 48.9 Å². The molecule has 0 bridgehead atoms. The number of fused-ring (bicyclic) bond motifs is 1. The first-order chi connectivity index (χ1) is 9.20. The van der Waals surface area contributed by atoms with E-state index in [0.717, 1.165) is 0 Å². The molecule has 0 spiro atoms. The summed E-state index contributed by atoms with van der Waals surface area (Å²) in [6, 6.07) is 10.1. The van der Waals surface area contributed by atoms with Crippen molar-refractivity contribution in [2.75, 3.05) is 0 Å². The molecule has 2 aromatic carbocycles. The van der Waals surface area contributed by atoms with Crippen LogP contribution >= 0.6 is 0 Å². The van der Waals surface area contributed by atoms with Gasteiger partial charge >= 0.3 is 0 Å². The zero-order valence-corrected chi connectivity index (χ0v) is 11.1. The summed E-state index contributed by atoms with van der Waals surface area (Å²) >= 11 is 0. The number of allylic oxidation sites excluding steroid dienone is 2. The molecule has 0 amide bonds. The van der Waals surface area contributed by atoms with Gasteiger partial charge in [-0.05, 0) is 26.0 Å². The van der Waals surface area contributed by atoms with E-state index in [-0.39, 0.29) is 11.5 Å². The molecule has 0 unspecified atom stereocenters. The van der Waals surface area contributed by atoms with E-state index < -0.39 is 0 Å². The highest BCUT2D eigenvalue weighted by Crippen LogP contribution is 2.29. The van der Waals surface area contributed by atoms with Crippen LogP contribution in [0.3, 0.4) is 0 Å². The van der Waals surface area contributed by atoms with Crippen LogP contribution in [0.4, 0.5) is 0 Å². The summed E-state index contributed by atoms with van der Waals surface area (Å²) in [5.41, 5.74) is 0. The predicted octanol–water partition coefficient (Wildman–Crippen LogP) is 4.32. The van der Waals surface area contributed by atoms with Crippen LogP contribution in [0.1, 0.15) is 13.8 Å². The van der Waals surface area contributed by atoms with Gasteiger partial charge in [-0.3, -0.25) is 0 Å². The highest BCUT2D eigenvalue weighted by molar-refractivity contribution is 5.92. The second-order valence-electron chi connectivity index (χ2n) is 3.72. The second-order valence-corrected chi connectivity index (χ2v) is 3.72. The standard InChI is InChI=1S/C10H8O2.C6H10O/c11-9-5-1-3-7-8(9)4-2-6-10(7)12;1-3-5-7-6-4-2/h1-6,11-12H;3-6H,1-2H3/b;5-3-,6-4-. The molecule has 3 heteroatoms. The molecule has 0 aliphatic rings. The third kappa shape index (κ3) is 4.39. The number of benzene rings is 2. The Kier molecular flexibility index (Phi) is 6.03. The Balaban J connectivity index is 0.000000224. The Morgan fingerprint density at radius 1 is 0.789 bits per heavy atom. The average molecular weight is 258 g/mol. The van der Waals surface area contributed by atoms with Gasteiger partial charge in [0, 0.05) is 10.8 Å². The first-order valence-electron chi connectivity index (χ1n) is 5.98. The second kappa shape index (κ2) is 7.82. The van der Waals surface area contributed by atoms with E-state index in [1.807, 2.05) is 26.0 Å². The van der Waals surface area contributed by atoms with Crippen LogP contribution in [0, 0.1) is 0 Å². The molecule has 0 aliphatic heterocycles. The minimum absolute atomic E-state index is 0.198. The minimum atomic E-state index is 0.198. The van der Waals surface area contributed by atoms with E-state index >= 15 is 0 Å². The summed E-state index contributed by atoms with van der Waals surface area (Å²) in [5.74, 6) is 0.395. The van der Waals surface area contributed by atoms with Crippen LogP contribution in [0.15, 0.2) is 61.1 Å². The van der Waals surface area contributed by atoms with Gasteiger partial charge in [-0.25, -0.2) is 0 Å². The van der Waals surface area contributed by atoms with Gasteiger partial charge in [0.05, 0.1) is 12.5 Å². The summed E-state index contributed by atoms with van der Waals surface area (Å²) in [6.45, 7) is 3.81. The number of phenols is 2. The Bertz CT molecular complexity index is 520. The molecule has 2 aromatic rings. The van der Waals surface area contributed by atoms with Crippen molar-refractivity contribution in [3.63, 3.8) is 0 Å². The highest BCUT2D eigenvalue weighted by Gasteiger charge is 2.00. The van der Waals surface area contributed by atoms with E-state index in [4.69, 9.17) is 4.74 Å². The van der Waals surface area contributed by atoms with Crippen molar-refractivity contribution < 1.29 is 14.9 Å². The van der Waals surface area contributed by atoms with Crippen LogP contribution in [0.25, 0.3) is 10.8 Å². The van der Waals surface area contributed by atoms with Gasteiger partial charge in [0.25, 0.3) is 0 Å². The third-order valence-corrected chi connectivity index (χ3v) is 2.31. The maximum absolute atomic E-state index is 9.38. The quantitative estimate of drug-likeness (QED) is 0.789. The molecule has 0 saturated heterocycles. The van der Waals surface area contributed by atoms with Crippen molar-refractivity contribution in [3.8, 4) is 11.5 Å². The molecule has 19 heavy (non-hydrogen) atoms. The van der Waals surface area contributed by atoms with Crippen LogP contribution in [-0.4, -0.2) is 10.2 Å². The molecular weight excluding hydrogens is 240 g/mol. The van der Waals surface area contributed by atoms with E-state index in [0.29, 0.717) is 10.8 Å². The van der Waals surface area contributed by atoms with Crippen LogP contribution in [0.2, 0.25) is 0 Å². The third-order valence-electron chi connectivity index (χ3n) is 2.31.